The summed E-state index contributed by atoms with van der Waals surface area (Å²) in [5.74, 6) is 3.06. The number of thioether (sulfide) groups is 1. The van der Waals surface area contributed by atoms with E-state index in [-0.39, 0.29) is 11.6 Å². The van der Waals surface area contributed by atoms with Gasteiger partial charge in [-0.15, -0.1) is 11.3 Å². The molecule has 0 aromatic carbocycles. The Balaban J connectivity index is 1.70. The number of ether oxygens (including phenoxy) is 1. The molecular formula is C14H20BrNOS2. The summed E-state index contributed by atoms with van der Waals surface area (Å²) >= 11 is 7.36. The molecule has 1 aromatic rings. The number of thiophene rings is 1. The fourth-order valence-electron chi connectivity index (χ4n) is 3.20. The van der Waals surface area contributed by atoms with E-state index in [4.69, 9.17) is 10.5 Å². The van der Waals surface area contributed by atoms with Gasteiger partial charge in [0.1, 0.15) is 0 Å². The van der Waals surface area contributed by atoms with Crippen LogP contribution in [0, 0.1) is 5.92 Å². The van der Waals surface area contributed by atoms with Crippen LogP contribution in [0.2, 0.25) is 0 Å². The Kier molecular flexibility index (Phi) is 4.59. The third kappa shape index (κ3) is 3.21. The van der Waals surface area contributed by atoms with Gasteiger partial charge in [-0.3, -0.25) is 0 Å². The minimum absolute atomic E-state index is 0.139. The van der Waals surface area contributed by atoms with Gasteiger partial charge >= 0.3 is 0 Å². The van der Waals surface area contributed by atoms with Crippen molar-refractivity contribution in [2.75, 3.05) is 18.1 Å². The summed E-state index contributed by atoms with van der Waals surface area (Å²) in [6, 6.07) is 4.44. The van der Waals surface area contributed by atoms with Crippen LogP contribution < -0.4 is 5.73 Å². The largest absolute Gasteiger partial charge is 0.375 e. The summed E-state index contributed by atoms with van der Waals surface area (Å²) in [7, 11) is 0. The fourth-order valence-corrected chi connectivity index (χ4v) is 5.96. The molecule has 1 aromatic heterocycles. The smallest absolute Gasteiger partial charge is 0.0701 e. The van der Waals surface area contributed by atoms with Crippen LogP contribution in [0.4, 0.5) is 0 Å². The summed E-state index contributed by atoms with van der Waals surface area (Å²) in [6.07, 6.45) is 4.65. The van der Waals surface area contributed by atoms with Gasteiger partial charge < -0.3 is 10.5 Å². The molecule has 2 saturated heterocycles. The van der Waals surface area contributed by atoms with Crippen molar-refractivity contribution in [3.63, 3.8) is 0 Å². The Hall–Kier alpha value is 0.450. The molecule has 0 saturated carbocycles. The summed E-state index contributed by atoms with van der Waals surface area (Å²) in [5.41, 5.74) is 6.64. The number of hydrogen-bond donors (Lipinski definition) is 1. The Labute approximate surface area is 131 Å². The van der Waals surface area contributed by atoms with E-state index < -0.39 is 0 Å². The quantitative estimate of drug-likeness (QED) is 0.856. The van der Waals surface area contributed by atoms with Gasteiger partial charge in [-0.05, 0) is 71.2 Å². The van der Waals surface area contributed by atoms with Crippen molar-refractivity contribution in [3.05, 3.63) is 20.8 Å². The maximum absolute atomic E-state index is 6.50. The van der Waals surface area contributed by atoms with E-state index in [9.17, 15) is 0 Å². The van der Waals surface area contributed by atoms with Crippen LogP contribution >= 0.6 is 39.0 Å². The normalized spacial score (nSPS) is 28.4. The van der Waals surface area contributed by atoms with Gasteiger partial charge in [0, 0.05) is 17.5 Å². The van der Waals surface area contributed by atoms with Crippen molar-refractivity contribution in [3.8, 4) is 0 Å². The molecule has 0 bridgehead atoms. The molecule has 2 atom stereocenters. The first-order valence-corrected chi connectivity index (χ1v) is 9.67. The molecule has 3 rings (SSSR count). The molecule has 2 unspecified atom stereocenters. The fraction of sp³-hybridized carbons (Fsp3) is 0.714. The highest BCUT2D eigenvalue weighted by molar-refractivity contribution is 9.11. The SMILES string of the molecule is NC(c1ccc(Br)s1)C1CCOC2(CCSCC2)C1. The van der Waals surface area contributed by atoms with E-state index in [0.717, 1.165) is 19.4 Å². The van der Waals surface area contributed by atoms with Crippen LogP contribution in [-0.2, 0) is 4.74 Å². The first kappa shape index (κ1) is 14.4. The third-order valence-electron chi connectivity index (χ3n) is 4.37. The van der Waals surface area contributed by atoms with Gasteiger partial charge in [0.2, 0.25) is 0 Å². The second-order valence-electron chi connectivity index (χ2n) is 5.56. The number of nitrogens with two attached hydrogens (primary N) is 1. The molecule has 2 aliphatic heterocycles. The molecule has 0 aliphatic carbocycles. The lowest BCUT2D eigenvalue weighted by atomic mass is 9.78. The zero-order valence-corrected chi connectivity index (χ0v) is 14.2. The molecule has 2 fully saturated rings. The lowest BCUT2D eigenvalue weighted by Crippen LogP contribution is -2.45. The van der Waals surface area contributed by atoms with Gasteiger partial charge in [0.05, 0.1) is 9.39 Å². The minimum atomic E-state index is 0.139. The molecular weight excluding hydrogens is 342 g/mol. The molecule has 106 valence electrons. The van der Waals surface area contributed by atoms with Crippen LogP contribution in [0.15, 0.2) is 15.9 Å². The molecule has 0 amide bonds. The standard InChI is InChI=1S/C14H20BrNOS2/c15-12-2-1-11(19-12)13(16)10-3-6-17-14(9-10)4-7-18-8-5-14/h1-2,10,13H,3-9,16H2. The highest BCUT2D eigenvalue weighted by Gasteiger charge is 2.40. The second-order valence-corrected chi connectivity index (χ2v) is 9.28. The Morgan fingerprint density at radius 1 is 1.37 bits per heavy atom. The van der Waals surface area contributed by atoms with E-state index in [0.29, 0.717) is 5.92 Å². The van der Waals surface area contributed by atoms with Crippen LogP contribution in [0.3, 0.4) is 0 Å². The number of hydrogen-bond acceptors (Lipinski definition) is 4. The third-order valence-corrected chi connectivity index (χ3v) is 7.08. The van der Waals surface area contributed by atoms with Crippen molar-refractivity contribution in [2.24, 2.45) is 11.7 Å². The summed E-state index contributed by atoms with van der Waals surface area (Å²) in [6.45, 7) is 0.885. The van der Waals surface area contributed by atoms with E-state index in [1.54, 1.807) is 11.3 Å². The van der Waals surface area contributed by atoms with Gasteiger partial charge in [-0.1, -0.05) is 0 Å². The zero-order valence-electron chi connectivity index (χ0n) is 10.9. The predicted molar refractivity (Wildman–Crippen MR) is 86.9 cm³/mol. The Morgan fingerprint density at radius 2 is 2.16 bits per heavy atom. The van der Waals surface area contributed by atoms with Gasteiger partial charge in [0.25, 0.3) is 0 Å². The minimum Gasteiger partial charge on any atom is -0.375 e. The lowest BCUT2D eigenvalue weighted by Gasteiger charge is -2.44. The first-order chi connectivity index (χ1) is 9.19. The summed E-state index contributed by atoms with van der Waals surface area (Å²) < 4.78 is 7.33. The van der Waals surface area contributed by atoms with Crippen molar-refractivity contribution in [2.45, 2.75) is 37.3 Å². The number of halogens is 1. The highest BCUT2D eigenvalue weighted by Crippen LogP contribution is 2.44. The van der Waals surface area contributed by atoms with Gasteiger partial charge in [0.15, 0.2) is 0 Å². The Bertz CT molecular complexity index is 425. The lowest BCUT2D eigenvalue weighted by molar-refractivity contribution is -0.105. The molecule has 0 radical (unpaired) electrons. The number of rotatable bonds is 2. The molecule has 5 heteroatoms. The zero-order chi connectivity index (χ0) is 13.3. The topological polar surface area (TPSA) is 35.2 Å². The maximum Gasteiger partial charge on any atom is 0.0701 e. The predicted octanol–water partition coefficient (Wildman–Crippen LogP) is 4.20. The molecule has 2 aliphatic rings. The van der Waals surface area contributed by atoms with Crippen LogP contribution in [0.1, 0.15) is 36.6 Å². The van der Waals surface area contributed by atoms with E-state index in [1.165, 1.54) is 33.0 Å². The maximum atomic E-state index is 6.50. The second kappa shape index (κ2) is 6.06. The van der Waals surface area contributed by atoms with Crippen LogP contribution in [0.5, 0.6) is 0 Å². The molecule has 2 nitrogen and oxygen atoms in total. The van der Waals surface area contributed by atoms with E-state index in [1.807, 2.05) is 0 Å². The van der Waals surface area contributed by atoms with Crippen LogP contribution in [-0.4, -0.2) is 23.7 Å². The van der Waals surface area contributed by atoms with Crippen molar-refractivity contribution in [1.29, 1.82) is 0 Å². The molecule has 2 N–H and O–H groups in total. The van der Waals surface area contributed by atoms with Crippen LogP contribution in [0.25, 0.3) is 0 Å². The van der Waals surface area contributed by atoms with Crippen molar-refractivity contribution in [1.82, 2.24) is 0 Å². The van der Waals surface area contributed by atoms with Gasteiger partial charge in [-0.2, -0.15) is 11.8 Å². The average molecular weight is 362 g/mol. The van der Waals surface area contributed by atoms with E-state index >= 15 is 0 Å². The summed E-state index contributed by atoms with van der Waals surface area (Å²) in [5, 5.41) is 0. The molecule has 3 heterocycles. The monoisotopic (exact) mass is 361 g/mol. The Morgan fingerprint density at radius 3 is 2.84 bits per heavy atom. The average Bonchev–Trinajstić information content (AvgIpc) is 2.85. The highest BCUT2D eigenvalue weighted by atomic mass is 79.9. The van der Waals surface area contributed by atoms with Gasteiger partial charge in [-0.25, -0.2) is 0 Å². The molecule has 1 spiro atoms. The van der Waals surface area contributed by atoms with E-state index in [2.05, 4.69) is 39.8 Å². The van der Waals surface area contributed by atoms with Crippen molar-refractivity contribution >= 4 is 39.0 Å². The van der Waals surface area contributed by atoms with Crippen molar-refractivity contribution < 1.29 is 4.74 Å². The molecule has 19 heavy (non-hydrogen) atoms. The summed E-state index contributed by atoms with van der Waals surface area (Å²) in [4.78, 5) is 1.30. The first-order valence-electron chi connectivity index (χ1n) is 6.91.